The lowest BCUT2D eigenvalue weighted by Gasteiger charge is -2.51. The van der Waals surface area contributed by atoms with Gasteiger partial charge in [-0.05, 0) is 31.2 Å². The Labute approximate surface area is 146 Å². The van der Waals surface area contributed by atoms with E-state index in [1.165, 1.54) is 26.2 Å². The van der Waals surface area contributed by atoms with Crippen LogP contribution in [0, 0.1) is 5.41 Å². The molecule has 140 valence electrons. The number of methoxy groups -OCH3 is 1. The van der Waals surface area contributed by atoms with Crippen LogP contribution in [0.15, 0.2) is 0 Å². The zero-order chi connectivity index (χ0) is 17.8. The first kappa shape index (κ1) is 19.7. The third-order valence-electron chi connectivity index (χ3n) is 5.74. The molecular weight excluding hydrogens is 306 g/mol. The van der Waals surface area contributed by atoms with E-state index in [1.54, 1.807) is 7.11 Å². The van der Waals surface area contributed by atoms with Gasteiger partial charge in [0.25, 0.3) is 0 Å². The second kappa shape index (κ2) is 8.15. The molecule has 2 rings (SSSR count). The second-order valence-corrected chi connectivity index (χ2v) is 8.31. The van der Waals surface area contributed by atoms with Crippen LogP contribution >= 0.6 is 0 Å². The lowest BCUT2D eigenvalue weighted by atomic mass is 9.68. The SMILES string of the molecule is COC1C(COC(C)=O)NCCC1OC1(C(C)(C)C)CCCCC1. The van der Waals surface area contributed by atoms with Crippen molar-refractivity contribution in [2.24, 2.45) is 5.41 Å². The molecule has 2 fully saturated rings. The van der Waals surface area contributed by atoms with Crippen LogP contribution in [0.3, 0.4) is 0 Å². The van der Waals surface area contributed by atoms with Crippen LogP contribution in [0.1, 0.15) is 66.2 Å². The van der Waals surface area contributed by atoms with Gasteiger partial charge in [-0.2, -0.15) is 0 Å². The number of hydrogen-bond donors (Lipinski definition) is 1. The van der Waals surface area contributed by atoms with Crippen molar-refractivity contribution in [3.05, 3.63) is 0 Å². The monoisotopic (exact) mass is 341 g/mol. The number of rotatable bonds is 5. The maximum Gasteiger partial charge on any atom is 0.302 e. The first-order valence-corrected chi connectivity index (χ1v) is 9.36. The number of piperidine rings is 1. The minimum Gasteiger partial charge on any atom is -0.464 e. The highest BCUT2D eigenvalue weighted by molar-refractivity contribution is 5.65. The Kier molecular flexibility index (Phi) is 6.68. The number of ether oxygens (including phenoxy) is 3. The van der Waals surface area contributed by atoms with Gasteiger partial charge >= 0.3 is 5.97 Å². The summed E-state index contributed by atoms with van der Waals surface area (Å²) in [5.41, 5.74) is 0.0119. The van der Waals surface area contributed by atoms with E-state index in [-0.39, 0.29) is 35.2 Å². The number of carbonyl (C=O) groups is 1. The summed E-state index contributed by atoms with van der Waals surface area (Å²) >= 11 is 0. The summed E-state index contributed by atoms with van der Waals surface area (Å²) in [5.74, 6) is -0.256. The molecule has 1 aliphatic carbocycles. The topological polar surface area (TPSA) is 56.8 Å². The van der Waals surface area contributed by atoms with E-state index in [2.05, 4.69) is 26.1 Å². The normalized spacial score (nSPS) is 30.8. The molecule has 2 aliphatic rings. The molecule has 0 aromatic heterocycles. The first-order valence-electron chi connectivity index (χ1n) is 9.36. The van der Waals surface area contributed by atoms with Gasteiger partial charge in [-0.3, -0.25) is 4.79 Å². The standard InChI is InChI=1S/C19H35NO4/c1-14(21)23-13-15-17(22-5)16(9-12-20-15)24-19(18(2,3)4)10-7-6-8-11-19/h15-17,20H,6-13H2,1-5H3. The van der Waals surface area contributed by atoms with Crippen LogP contribution in [0.25, 0.3) is 0 Å². The molecule has 5 nitrogen and oxygen atoms in total. The Hall–Kier alpha value is -0.650. The second-order valence-electron chi connectivity index (χ2n) is 8.31. The van der Waals surface area contributed by atoms with Gasteiger partial charge in [0.15, 0.2) is 0 Å². The third-order valence-corrected chi connectivity index (χ3v) is 5.74. The van der Waals surface area contributed by atoms with E-state index in [1.807, 2.05) is 0 Å². The summed E-state index contributed by atoms with van der Waals surface area (Å²) in [6, 6.07) is -0.0155. The molecule has 3 atom stereocenters. The van der Waals surface area contributed by atoms with Crippen molar-refractivity contribution in [3.8, 4) is 0 Å². The van der Waals surface area contributed by atoms with Crippen LogP contribution in [0.2, 0.25) is 0 Å². The van der Waals surface area contributed by atoms with E-state index in [0.29, 0.717) is 6.61 Å². The Morgan fingerprint density at radius 1 is 1.21 bits per heavy atom. The lowest BCUT2D eigenvalue weighted by Crippen LogP contribution is -2.60. The van der Waals surface area contributed by atoms with Crippen molar-refractivity contribution >= 4 is 5.97 Å². The quantitative estimate of drug-likeness (QED) is 0.779. The first-order chi connectivity index (χ1) is 11.3. The molecule has 24 heavy (non-hydrogen) atoms. The van der Waals surface area contributed by atoms with Crippen LogP contribution in [0.5, 0.6) is 0 Å². The maximum atomic E-state index is 11.1. The molecule has 0 aromatic rings. The fourth-order valence-corrected chi connectivity index (χ4v) is 4.21. The van der Waals surface area contributed by atoms with Crippen molar-refractivity contribution in [1.29, 1.82) is 0 Å². The van der Waals surface area contributed by atoms with Gasteiger partial charge in [0, 0.05) is 14.0 Å². The maximum absolute atomic E-state index is 11.1. The smallest absolute Gasteiger partial charge is 0.302 e. The van der Waals surface area contributed by atoms with Crippen molar-refractivity contribution in [2.75, 3.05) is 20.3 Å². The summed E-state index contributed by atoms with van der Waals surface area (Å²) < 4.78 is 17.8. The molecule has 0 radical (unpaired) electrons. The summed E-state index contributed by atoms with van der Waals surface area (Å²) in [4.78, 5) is 11.1. The average Bonchev–Trinajstić information content (AvgIpc) is 2.53. The number of nitrogens with one attached hydrogen (secondary N) is 1. The zero-order valence-corrected chi connectivity index (χ0v) is 16.0. The van der Waals surface area contributed by atoms with Gasteiger partial charge in [-0.1, -0.05) is 40.0 Å². The summed E-state index contributed by atoms with van der Waals surface area (Å²) in [6.07, 6.45) is 6.86. The Bertz CT molecular complexity index is 412. The van der Waals surface area contributed by atoms with Crippen molar-refractivity contribution in [3.63, 3.8) is 0 Å². The van der Waals surface area contributed by atoms with Crippen molar-refractivity contribution in [1.82, 2.24) is 5.32 Å². The van der Waals surface area contributed by atoms with Gasteiger partial charge < -0.3 is 19.5 Å². The van der Waals surface area contributed by atoms with E-state index in [0.717, 1.165) is 25.8 Å². The Morgan fingerprint density at radius 2 is 1.88 bits per heavy atom. The molecule has 1 heterocycles. The van der Waals surface area contributed by atoms with Crippen molar-refractivity contribution in [2.45, 2.75) is 90.1 Å². The predicted octanol–water partition coefficient (Wildman–Crippen LogP) is 3.06. The van der Waals surface area contributed by atoms with Crippen LogP contribution in [0.4, 0.5) is 0 Å². The number of esters is 1. The average molecular weight is 341 g/mol. The van der Waals surface area contributed by atoms with Gasteiger partial charge in [0.2, 0.25) is 0 Å². The molecule has 1 N–H and O–H groups in total. The fourth-order valence-electron chi connectivity index (χ4n) is 4.21. The molecule has 0 spiro atoms. The predicted molar refractivity (Wildman–Crippen MR) is 94.0 cm³/mol. The van der Waals surface area contributed by atoms with Crippen LogP contribution in [-0.2, 0) is 19.0 Å². The van der Waals surface area contributed by atoms with E-state index < -0.39 is 0 Å². The number of hydrogen-bond acceptors (Lipinski definition) is 5. The van der Waals surface area contributed by atoms with Gasteiger partial charge in [-0.15, -0.1) is 0 Å². The summed E-state index contributed by atoms with van der Waals surface area (Å²) in [7, 11) is 1.72. The highest BCUT2D eigenvalue weighted by Crippen LogP contribution is 2.46. The molecular formula is C19H35NO4. The molecule has 1 saturated carbocycles. The zero-order valence-electron chi connectivity index (χ0n) is 16.0. The molecule has 1 saturated heterocycles. The molecule has 0 amide bonds. The lowest BCUT2D eigenvalue weighted by molar-refractivity contribution is -0.211. The Balaban J connectivity index is 2.11. The molecule has 5 heteroatoms. The van der Waals surface area contributed by atoms with Crippen LogP contribution in [-0.4, -0.2) is 50.1 Å². The molecule has 1 aliphatic heterocycles. The molecule has 0 bridgehead atoms. The summed E-state index contributed by atoms with van der Waals surface area (Å²) in [6.45, 7) is 9.49. The minimum atomic E-state index is -0.256. The largest absolute Gasteiger partial charge is 0.464 e. The van der Waals surface area contributed by atoms with E-state index in [4.69, 9.17) is 14.2 Å². The Morgan fingerprint density at radius 3 is 2.42 bits per heavy atom. The van der Waals surface area contributed by atoms with Gasteiger partial charge in [0.1, 0.15) is 12.7 Å². The van der Waals surface area contributed by atoms with Crippen molar-refractivity contribution < 1.29 is 19.0 Å². The highest BCUT2D eigenvalue weighted by Gasteiger charge is 2.47. The van der Waals surface area contributed by atoms with E-state index >= 15 is 0 Å². The van der Waals surface area contributed by atoms with E-state index in [9.17, 15) is 4.79 Å². The number of carbonyl (C=O) groups excluding carboxylic acids is 1. The summed E-state index contributed by atoms with van der Waals surface area (Å²) in [5, 5.41) is 3.41. The van der Waals surface area contributed by atoms with Gasteiger partial charge in [-0.25, -0.2) is 0 Å². The van der Waals surface area contributed by atoms with Gasteiger partial charge in [0.05, 0.1) is 17.7 Å². The third kappa shape index (κ3) is 4.50. The highest BCUT2D eigenvalue weighted by atomic mass is 16.6. The van der Waals surface area contributed by atoms with Crippen LogP contribution < -0.4 is 5.32 Å². The minimum absolute atomic E-state index is 0.0155. The molecule has 0 aromatic carbocycles. The molecule has 3 unspecified atom stereocenters. The fraction of sp³-hybridized carbons (Fsp3) is 0.947.